The van der Waals surface area contributed by atoms with Crippen molar-refractivity contribution >= 4 is 34.4 Å². The number of rotatable bonds is 9. The van der Waals surface area contributed by atoms with Gasteiger partial charge in [-0.2, -0.15) is 4.31 Å². The highest BCUT2D eigenvalue weighted by Crippen LogP contribution is 2.20. The Kier molecular flexibility index (Phi) is 8.02. The molecular formula is C18H22N4O5S2. The van der Waals surface area contributed by atoms with Crippen LogP contribution in [0.1, 0.15) is 17.5 Å². The molecule has 9 nitrogen and oxygen atoms in total. The molecule has 0 aliphatic carbocycles. The summed E-state index contributed by atoms with van der Waals surface area (Å²) in [6.45, 7) is 0.0756. The second kappa shape index (κ2) is 10.3. The Labute approximate surface area is 174 Å². The number of carbonyl (C=O) groups excluding carboxylic acids is 1. The average molecular weight is 439 g/mol. The number of hydroxylamine groups is 1. The summed E-state index contributed by atoms with van der Waals surface area (Å²) in [6.07, 6.45) is 0.293. The lowest BCUT2D eigenvalue weighted by Gasteiger charge is -2.22. The maximum atomic E-state index is 13.1. The van der Waals surface area contributed by atoms with E-state index in [1.54, 1.807) is 5.48 Å². The number of nitrogens with one attached hydrogen (secondary N) is 1. The van der Waals surface area contributed by atoms with Gasteiger partial charge in [-0.05, 0) is 42.3 Å². The van der Waals surface area contributed by atoms with Crippen LogP contribution in [-0.4, -0.2) is 48.0 Å². The van der Waals surface area contributed by atoms with E-state index in [1.165, 1.54) is 28.6 Å². The maximum Gasteiger partial charge on any atom is 0.243 e. The molecule has 0 bridgehead atoms. The minimum absolute atomic E-state index is 0.0138. The summed E-state index contributed by atoms with van der Waals surface area (Å²) in [5, 5.41) is 20.6. The number of amidine groups is 1. The number of oxime groups is 1. The van der Waals surface area contributed by atoms with Crippen LogP contribution in [0.3, 0.4) is 0 Å². The van der Waals surface area contributed by atoms with Gasteiger partial charge in [-0.3, -0.25) is 10.0 Å². The summed E-state index contributed by atoms with van der Waals surface area (Å²) in [7, 11) is -3.92. The first-order valence-corrected chi connectivity index (χ1v) is 10.5. The van der Waals surface area contributed by atoms with Crippen molar-refractivity contribution in [1.82, 2.24) is 9.79 Å². The highest BCUT2D eigenvalue weighted by molar-refractivity contribution is 7.89. The molecule has 2 rings (SSSR count). The third kappa shape index (κ3) is 5.94. The largest absolute Gasteiger partial charge is 0.409 e. The van der Waals surface area contributed by atoms with Crippen LogP contribution in [-0.2, 0) is 21.2 Å². The third-order valence-electron chi connectivity index (χ3n) is 4.20. The van der Waals surface area contributed by atoms with E-state index in [0.717, 1.165) is 10.5 Å². The molecule has 0 radical (unpaired) electrons. The molecule has 0 unspecified atom stereocenters. The zero-order valence-corrected chi connectivity index (χ0v) is 17.1. The molecule has 2 aromatic carbocycles. The van der Waals surface area contributed by atoms with Crippen molar-refractivity contribution in [2.45, 2.75) is 22.6 Å². The summed E-state index contributed by atoms with van der Waals surface area (Å²) in [4.78, 5) is 11.9. The number of carbonyl (C=O) groups is 1. The number of thiol groups is 1. The molecule has 0 aliphatic rings. The SMILES string of the molecule is NC(=O)CCN(CCc1ccccc1S)S(=O)(=O)c1ccc(/C(=N/O)NO)cc1. The number of nitrogens with two attached hydrogens (primary N) is 1. The van der Waals surface area contributed by atoms with Crippen LogP contribution in [0.25, 0.3) is 0 Å². The van der Waals surface area contributed by atoms with Gasteiger partial charge < -0.3 is 10.9 Å². The van der Waals surface area contributed by atoms with Crippen LogP contribution in [0.4, 0.5) is 0 Å². The first-order chi connectivity index (χ1) is 13.8. The summed E-state index contributed by atoms with van der Waals surface area (Å²) in [6, 6.07) is 12.7. The van der Waals surface area contributed by atoms with Gasteiger partial charge in [-0.25, -0.2) is 13.9 Å². The number of nitrogens with zero attached hydrogens (tertiary/aromatic N) is 2. The lowest BCUT2D eigenvalue weighted by Crippen LogP contribution is -2.35. The molecule has 5 N–H and O–H groups in total. The first-order valence-electron chi connectivity index (χ1n) is 8.57. The van der Waals surface area contributed by atoms with E-state index in [1.807, 2.05) is 24.3 Å². The Morgan fingerprint density at radius 2 is 1.79 bits per heavy atom. The second-order valence-electron chi connectivity index (χ2n) is 6.08. The van der Waals surface area contributed by atoms with Crippen LogP contribution < -0.4 is 11.2 Å². The van der Waals surface area contributed by atoms with Crippen molar-refractivity contribution < 1.29 is 23.6 Å². The first kappa shape index (κ1) is 22.7. The van der Waals surface area contributed by atoms with E-state index >= 15 is 0 Å². The van der Waals surface area contributed by atoms with Crippen LogP contribution in [0.15, 0.2) is 63.5 Å². The number of primary amides is 1. The number of sulfonamides is 1. The molecule has 0 saturated heterocycles. The van der Waals surface area contributed by atoms with E-state index < -0.39 is 15.9 Å². The Balaban J connectivity index is 2.27. The van der Waals surface area contributed by atoms with Crippen LogP contribution in [0.2, 0.25) is 0 Å². The lowest BCUT2D eigenvalue weighted by atomic mass is 10.1. The number of benzene rings is 2. The van der Waals surface area contributed by atoms with Gasteiger partial charge in [0.1, 0.15) is 0 Å². The number of hydrogen-bond donors (Lipinski definition) is 5. The van der Waals surface area contributed by atoms with E-state index in [9.17, 15) is 13.2 Å². The summed E-state index contributed by atoms with van der Waals surface area (Å²) < 4.78 is 27.4. The summed E-state index contributed by atoms with van der Waals surface area (Å²) >= 11 is 4.38. The van der Waals surface area contributed by atoms with E-state index in [4.69, 9.17) is 16.1 Å². The molecule has 1 amide bonds. The monoisotopic (exact) mass is 438 g/mol. The van der Waals surface area contributed by atoms with Gasteiger partial charge >= 0.3 is 0 Å². The van der Waals surface area contributed by atoms with Crippen molar-refractivity contribution in [3.05, 3.63) is 59.7 Å². The molecule has 0 saturated carbocycles. The van der Waals surface area contributed by atoms with E-state index in [-0.39, 0.29) is 35.8 Å². The molecular weight excluding hydrogens is 416 g/mol. The zero-order chi connectivity index (χ0) is 21.4. The second-order valence-corrected chi connectivity index (χ2v) is 8.50. The molecule has 11 heteroatoms. The van der Waals surface area contributed by atoms with Gasteiger partial charge in [0.2, 0.25) is 15.9 Å². The molecule has 0 fully saturated rings. The topological polar surface area (TPSA) is 145 Å². The highest BCUT2D eigenvalue weighted by Gasteiger charge is 2.25. The van der Waals surface area contributed by atoms with Gasteiger partial charge in [0, 0.05) is 30.0 Å². The summed E-state index contributed by atoms with van der Waals surface area (Å²) in [5.41, 5.74) is 8.06. The van der Waals surface area contributed by atoms with Crippen LogP contribution in [0, 0.1) is 0 Å². The standard InChI is InChI=1S/C18H22N4O5S2/c19-17(23)10-12-22(11-9-13-3-1-2-4-16(13)28)29(26,27)15-7-5-14(6-8-15)18(20-24)21-25/h1-8,24-25,28H,9-12H2,(H2,19,23)(H,20,21). The Hall–Kier alpha value is -2.60. The molecule has 29 heavy (non-hydrogen) atoms. The molecule has 156 valence electrons. The van der Waals surface area contributed by atoms with Crippen molar-refractivity contribution in [1.29, 1.82) is 0 Å². The van der Waals surface area contributed by atoms with Gasteiger partial charge in [-0.15, -0.1) is 12.6 Å². The van der Waals surface area contributed by atoms with E-state index in [0.29, 0.717) is 6.42 Å². The Bertz CT molecular complexity index is 978. The quantitative estimate of drug-likeness (QED) is 0.131. The molecule has 0 heterocycles. The Morgan fingerprint density at radius 3 is 2.34 bits per heavy atom. The Morgan fingerprint density at radius 1 is 1.14 bits per heavy atom. The highest BCUT2D eigenvalue weighted by atomic mass is 32.2. The number of hydrogen-bond acceptors (Lipinski definition) is 7. The fourth-order valence-corrected chi connectivity index (χ4v) is 4.35. The zero-order valence-electron chi connectivity index (χ0n) is 15.4. The lowest BCUT2D eigenvalue weighted by molar-refractivity contribution is -0.118. The van der Waals surface area contributed by atoms with Crippen LogP contribution in [0.5, 0.6) is 0 Å². The molecule has 0 spiro atoms. The normalized spacial score (nSPS) is 12.2. The van der Waals surface area contributed by atoms with Crippen molar-refractivity contribution in [2.75, 3.05) is 13.1 Å². The molecule has 0 atom stereocenters. The van der Waals surface area contributed by atoms with Gasteiger partial charge in [0.15, 0.2) is 5.84 Å². The molecule has 0 aliphatic heterocycles. The predicted octanol–water partition coefficient (Wildman–Crippen LogP) is 1.20. The fourth-order valence-electron chi connectivity index (χ4n) is 2.63. The minimum atomic E-state index is -3.92. The predicted molar refractivity (Wildman–Crippen MR) is 110 cm³/mol. The maximum absolute atomic E-state index is 13.1. The van der Waals surface area contributed by atoms with E-state index in [2.05, 4.69) is 17.8 Å². The minimum Gasteiger partial charge on any atom is -0.409 e. The number of amides is 1. The van der Waals surface area contributed by atoms with Gasteiger partial charge in [-0.1, -0.05) is 23.4 Å². The van der Waals surface area contributed by atoms with Crippen molar-refractivity contribution in [3.8, 4) is 0 Å². The third-order valence-corrected chi connectivity index (χ3v) is 6.55. The molecule has 2 aromatic rings. The van der Waals surface area contributed by atoms with Gasteiger partial charge in [0.25, 0.3) is 0 Å². The fraction of sp³-hybridized carbons (Fsp3) is 0.222. The van der Waals surface area contributed by atoms with Gasteiger partial charge in [0.05, 0.1) is 4.90 Å². The average Bonchev–Trinajstić information content (AvgIpc) is 2.70. The smallest absolute Gasteiger partial charge is 0.243 e. The van der Waals surface area contributed by atoms with Crippen LogP contribution >= 0.6 is 12.6 Å². The van der Waals surface area contributed by atoms with Crippen molar-refractivity contribution in [3.63, 3.8) is 0 Å². The van der Waals surface area contributed by atoms with Crippen molar-refractivity contribution in [2.24, 2.45) is 10.9 Å². The summed E-state index contributed by atoms with van der Waals surface area (Å²) in [5.74, 6) is -0.835. The molecule has 0 aromatic heterocycles.